The molecule has 0 aromatic heterocycles. The van der Waals surface area contributed by atoms with Gasteiger partial charge in [-0.05, 0) is 64.2 Å². The number of carbonyl (C=O) groups excluding carboxylic acids is 3. The summed E-state index contributed by atoms with van der Waals surface area (Å²) in [6, 6.07) is 0. The minimum atomic E-state index is -0.789. The Morgan fingerprint density at radius 3 is 0.909 bits per heavy atom. The van der Waals surface area contributed by atoms with Crippen molar-refractivity contribution in [1.29, 1.82) is 0 Å². The molecule has 0 N–H and O–H groups in total. The van der Waals surface area contributed by atoms with Crippen LogP contribution in [0.4, 0.5) is 0 Å². The lowest BCUT2D eigenvalue weighted by molar-refractivity contribution is -0.167. The minimum absolute atomic E-state index is 0.0852. The van der Waals surface area contributed by atoms with Crippen LogP contribution >= 0.6 is 0 Å². The first-order chi connectivity index (χ1) is 32.5. The van der Waals surface area contributed by atoms with Crippen molar-refractivity contribution in [2.75, 3.05) is 13.2 Å². The smallest absolute Gasteiger partial charge is 0.306 e. The van der Waals surface area contributed by atoms with Crippen molar-refractivity contribution in [2.24, 2.45) is 0 Å². The summed E-state index contributed by atoms with van der Waals surface area (Å²) in [4.78, 5) is 38.1. The molecule has 0 fully saturated rings. The van der Waals surface area contributed by atoms with Crippen molar-refractivity contribution in [2.45, 2.75) is 277 Å². The molecule has 0 aliphatic carbocycles. The summed E-state index contributed by atoms with van der Waals surface area (Å²) in [7, 11) is 0. The van der Waals surface area contributed by atoms with Crippen molar-refractivity contribution in [3.8, 4) is 0 Å². The van der Waals surface area contributed by atoms with Gasteiger partial charge in [0.2, 0.25) is 0 Å². The number of ether oxygens (including phenoxy) is 3. The zero-order chi connectivity index (χ0) is 47.9. The molecule has 0 rings (SSSR count). The molecule has 6 nitrogen and oxygen atoms in total. The second kappa shape index (κ2) is 54.5. The number of hydrogen-bond donors (Lipinski definition) is 0. The molecule has 0 aliphatic heterocycles. The molecule has 0 aromatic carbocycles. The van der Waals surface area contributed by atoms with E-state index in [0.717, 1.165) is 89.9 Å². The Bertz CT molecular complexity index is 1240. The summed E-state index contributed by atoms with van der Waals surface area (Å²) in [6.07, 6.45) is 68.8. The zero-order valence-electron chi connectivity index (χ0n) is 43.4. The lowest BCUT2D eigenvalue weighted by Crippen LogP contribution is -2.30. The number of hydrogen-bond acceptors (Lipinski definition) is 6. The number of unbranched alkanes of at least 4 members (excludes halogenated alkanes) is 31. The first kappa shape index (κ1) is 62.8. The molecule has 380 valence electrons. The second-order valence-electron chi connectivity index (χ2n) is 18.6. The zero-order valence-corrected chi connectivity index (χ0v) is 43.4. The van der Waals surface area contributed by atoms with Crippen molar-refractivity contribution >= 4 is 17.9 Å². The van der Waals surface area contributed by atoms with E-state index in [1.54, 1.807) is 0 Å². The van der Waals surface area contributed by atoms with Gasteiger partial charge >= 0.3 is 17.9 Å². The van der Waals surface area contributed by atoms with Crippen LogP contribution in [0, 0.1) is 0 Å². The normalized spacial score (nSPS) is 12.6. The molecule has 0 spiro atoms. The Balaban J connectivity index is 4.42. The monoisotopic (exact) mass is 921 g/mol. The van der Waals surface area contributed by atoms with Crippen LogP contribution in [-0.4, -0.2) is 37.2 Å². The lowest BCUT2D eigenvalue weighted by Gasteiger charge is -2.18. The van der Waals surface area contributed by atoms with E-state index in [4.69, 9.17) is 14.2 Å². The quantitative estimate of drug-likeness (QED) is 0.0262. The van der Waals surface area contributed by atoms with E-state index in [2.05, 4.69) is 93.7 Å². The molecular formula is C60H104O6. The number of esters is 3. The summed E-state index contributed by atoms with van der Waals surface area (Å²) >= 11 is 0. The summed E-state index contributed by atoms with van der Waals surface area (Å²) in [5.74, 6) is -0.910. The SMILES string of the molecule is CC\C=C/C=C\C=C/CCCCCCCCCC(=O)OC(COC(=O)CCCCCCC\C=C/C=C\C=C/CCCCCCC)COC(=O)CCCCCCCCCCCCCCCCC. The van der Waals surface area contributed by atoms with Gasteiger partial charge in [0.15, 0.2) is 6.10 Å². The average molecular weight is 921 g/mol. The summed E-state index contributed by atoms with van der Waals surface area (Å²) < 4.78 is 16.8. The van der Waals surface area contributed by atoms with Gasteiger partial charge in [0.25, 0.3) is 0 Å². The highest BCUT2D eigenvalue weighted by atomic mass is 16.6. The van der Waals surface area contributed by atoms with Crippen molar-refractivity contribution in [3.63, 3.8) is 0 Å². The van der Waals surface area contributed by atoms with Crippen LogP contribution in [0.15, 0.2) is 72.9 Å². The van der Waals surface area contributed by atoms with Gasteiger partial charge in [-0.3, -0.25) is 14.4 Å². The number of allylic oxidation sites excluding steroid dienone is 12. The van der Waals surface area contributed by atoms with Crippen molar-refractivity contribution in [3.05, 3.63) is 72.9 Å². The molecule has 66 heavy (non-hydrogen) atoms. The summed E-state index contributed by atoms with van der Waals surface area (Å²) in [5, 5.41) is 0. The van der Waals surface area contributed by atoms with E-state index in [0.29, 0.717) is 19.3 Å². The van der Waals surface area contributed by atoms with Gasteiger partial charge in [-0.15, -0.1) is 0 Å². The van der Waals surface area contributed by atoms with Crippen LogP contribution in [-0.2, 0) is 28.6 Å². The molecular weight excluding hydrogens is 817 g/mol. The first-order valence-electron chi connectivity index (χ1n) is 28.0. The Kier molecular flexibility index (Phi) is 51.9. The predicted octanol–water partition coefficient (Wildman–Crippen LogP) is 18.6. The van der Waals surface area contributed by atoms with E-state index in [1.807, 2.05) is 0 Å². The molecule has 0 bridgehead atoms. The molecule has 1 unspecified atom stereocenters. The molecule has 0 saturated heterocycles. The van der Waals surface area contributed by atoms with Crippen molar-refractivity contribution < 1.29 is 28.6 Å². The number of rotatable bonds is 50. The Morgan fingerprint density at radius 2 is 0.591 bits per heavy atom. The van der Waals surface area contributed by atoms with Crippen molar-refractivity contribution in [1.82, 2.24) is 0 Å². The Hall–Kier alpha value is -3.15. The third-order valence-electron chi connectivity index (χ3n) is 12.1. The number of carbonyl (C=O) groups is 3. The van der Waals surface area contributed by atoms with Gasteiger partial charge in [-0.1, -0.05) is 261 Å². The maximum absolute atomic E-state index is 12.8. The molecule has 0 amide bonds. The van der Waals surface area contributed by atoms with E-state index in [9.17, 15) is 14.4 Å². The van der Waals surface area contributed by atoms with Gasteiger partial charge in [-0.2, -0.15) is 0 Å². The van der Waals surface area contributed by atoms with E-state index in [-0.39, 0.29) is 31.1 Å². The predicted molar refractivity (Wildman–Crippen MR) is 284 cm³/mol. The summed E-state index contributed by atoms with van der Waals surface area (Å²) in [5.41, 5.74) is 0. The fraction of sp³-hybridized carbons (Fsp3) is 0.750. The third kappa shape index (κ3) is 51.8. The van der Waals surface area contributed by atoms with Crippen LogP contribution < -0.4 is 0 Å². The average Bonchev–Trinajstić information content (AvgIpc) is 3.31. The standard InChI is InChI=1S/C60H104O6/c1-4-7-10-13-16-19-22-25-28-29-30-33-35-38-41-44-47-50-53-59(62)65-56-57(66-60(63)54-51-48-45-42-39-36-32-27-24-21-18-15-12-9-6-3)55-64-58(61)52-49-46-43-40-37-34-31-26-23-20-17-14-11-8-5-2/h9,12,15,18,21-22,24-25,28-30,33,57H,4-8,10-11,13-14,16-17,19-20,23,26-27,31-32,34-56H2,1-3H3/b12-9-,18-15-,24-21-,25-22-,29-28-,33-30-. The highest BCUT2D eigenvalue weighted by Crippen LogP contribution is 2.16. The van der Waals surface area contributed by atoms with Gasteiger partial charge in [0.05, 0.1) is 0 Å². The minimum Gasteiger partial charge on any atom is -0.462 e. The summed E-state index contributed by atoms with van der Waals surface area (Å²) in [6.45, 7) is 6.49. The first-order valence-corrected chi connectivity index (χ1v) is 28.0. The largest absolute Gasteiger partial charge is 0.462 e. The third-order valence-corrected chi connectivity index (χ3v) is 12.1. The molecule has 0 aliphatic rings. The van der Waals surface area contributed by atoms with Crippen LogP contribution in [0.5, 0.6) is 0 Å². The molecule has 1 atom stereocenters. The van der Waals surface area contributed by atoms with Gasteiger partial charge in [-0.25, -0.2) is 0 Å². The van der Waals surface area contributed by atoms with Crippen LogP contribution in [0.2, 0.25) is 0 Å². The molecule has 0 radical (unpaired) electrons. The maximum Gasteiger partial charge on any atom is 0.306 e. The van der Waals surface area contributed by atoms with E-state index >= 15 is 0 Å². The van der Waals surface area contributed by atoms with E-state index in [1.165, 1.54) is 141 Å². The van der Waals surface area contributed by atoms with Crippen LogP contribution in [0.25, 0.3) is 0 Å². The molecule has 0 saturated carbocycles. The second-order valence-corrected chi connectivity index (χ2v) is 18.6. The topological polar surface area (TPSA) is 78.9 Å². The highest BCUT2D eigenvalue weighted by molar-refractivity contribution is 5.71. The van der Waals surface area contributed by atoms with Gasteiger partial charge in [0, 0.05) is 19.3 Å². The fourth-order valence-electron chi connectivity index (χ4n) is 7.86. The van der Waals surface area contributed by atoms with Gasteiger partial charge in [0.1, 0.15) is 13.2 Å². The molecule has 0 heterocycles. The molecule has 0 aromatic rings. The molecule has 6 heteroatoms. The Labute approximate surface area is 408 Å². The van der Waals surface area contributed by atoms with Gasteiger partial charge < -0.3 is 14.2 Å². The van der Waals surface area contributed by atoms with Crippen LogP contribution in [0.1, 0.15) is 271 Å². The fourth-order valence-corrected chi connectivity index (χ4v) is 7.86. The highest BCUT2D eigenvalue weighted by Gasteiger charge is 2.19. The van der Waals surface area contributed by atoms with E-state index < -0.39 is 6.10 Å². The van der Waals surface area contributed by atoms with Crippen LogP contribution in [0.3, 0.4) is 0 Å². The maximum atomic E-state index is 12.8. The Morgan fingerprint density at radius 1 is 0.318 bits per heavy atom. The lowest BCUT2D eigenvalue weighted by atomic mass is 10.0.